The molecule has 3 N–H and O–H groups in total. The van der Waals surface area contributed by atoms with Crippen molar-refractivity contribution in [1.82, 2.24) is 5.32 Å². The minimum Gasteiger partial charge on any atom is -0.398 e. The summed E-state index contributed by atoms with van der Waals surface area (Å²) < 4.78 is 12.9. The molecule has 1 fully saturated rings. The summed E-state index contributed by atoms with van der Waals surface area (Å²) in [7, 11) is 0. The van der Waals surface area contributed by atoms with Crippen molar-refractivity contribution in [3.63, 3.8) is 0 Å². The highest BCUT2D eigenvalue weighted by Crippen LogP contribution is 2.31. The molecule has 1 aromatic rings. The van der Waals surface area contributed by atoms with Crippen molar-refractivity contribution in [2.45, 2.75) is 16.6 Å². The summed E-state index contributed by atoms with van der Waals surface area (Å²) >= 11 is 1.66. The van der Waals surface area contributed by atoms with Gasteiger partial charge in [0.15, 0.2) is 0 Å². The normalized spacial score (nSPS) is 21.4. The SMILES string of the molecule is Nc1ccc(F)cc1SC1CCNC1. The fraction of sp³-hybridized carbons (Fsp3) is 0.400. The average Bonchev–Trinajstić information content (AvgIpc) is 2.64. The highest BCUT2D eigenvalue weighted by Gasteiger charge is 2.16. The first-order valence-electron chi connectivity index (χ1n) is 4.68. The molecule has 1 aromatic carbocycles. The van der Waals surface area contributed by atoms with E-state index in [2.05, 4.69) is 5.32 Å². The lowest BCUT2D eigenvalue weighted by Gasteiger charge is -2.10. The van der Waals surface area contributed by atoms with Crippen LogP contribution in [0.5, 0.6) is 0 Å². The summed E-state index contributed by atoms with van der Waals surface area (Å²) in [5, 5.41) is 3.80. The molecule has 1 aliphatic heterocycles. The van der Waals surface area contributed by atoms with Gasteiger partial charge < -0.3 is 11.1 Å². The van der Waals surface area contributed by atoms with Crippen LogP contribution in [-0.4, -0.2) is 18.3 Å². The number of anilines is 1. The van der Waals surface area contributed by atoms with Gasteiger partial charge in [-0.1, -0.05) is 0 Å². The van der Waals surface area contributed by atoms with Gasteiger partial charge in [-0.2, -0.15) is 0 Å². The smallest absolute Gasteiger partial charge is 0.124 e. The third-order valence-electron chi connectivity index (χ3n) is 2.28. The van der Waals surface area contributed by atoms with Crippen LogP contribution < -0.4 is 11.1 Å². The molecular weight excluding hydrogens is 199 g/mol. The number of rotatable bonds is 2. The van der Waals surface area contributed by atoms with Crippen molar-refractivity contribution in [3.05, 3.63) is 24.0 Å². The van der Waals surface area contributed by atoms with Crippen LogP contribution in [0.4, 0.5) is 10.1 Å². The second-order valence-corrected chi connectivity index (χ2v) is 4.76. The molecule has 1 saturated heterocycles. The van der Waals surface area contributed by atoms with Crippen molar-refractivity contribution >= 4 is 17.4 Å². The lowest BCUT2D eigenvalue weighted by molar-refractivity contribution is 0.624. The molecule has 1 unspecified atom stereocenters. The van der Waals surface area contributed by atoms with Crippen LogP contribution in [0.2, 0.25) is 0 Å². The van der Waals surface area contributed by atoms with Gasteiger partial charge in [-0.05, 0) is 31.2 Å². The van der Waals surface area contributed by atoms with Gasteiger partial charge in [-0.15, -0.1) is 11.8 Å². The molecule has 2 rings (SSSR count). The molecule has 1 aliphatic rings. The Morgan fingerprint density at radius 3 is 3.07 bits per heavy atom. The molecule has 0 radical (unpaired) electrons. The van der Waals surface area contributed by atoms with Gasteiger partial charge in [0, 0.05) is 22.4 Å². The van der Waals surface area contributed by atoms with Gasteiger partial charge in [0.05, 0.1) is 0 Å². The summed E-state index contributed by atoms with van der Waals surface area (Å²) in [6, 6.07) is 4.53. The van der Waals surface area contributed by atoms with Gasteiger partial charge in [-0.25, -0.2) is 4.39 Å². The molecule has 4 heteroatoms. The van der Waals surface area contributed by atoms with Crippen LogP contribution in [0.3, 0.4) is 0 Å². The quantitative estimate of drug-likeness (QED) is 0.735. The second-order valence-electron chi connectivity index (χ2n) is 3.41. The molecule has 1 heterocycles. The lowest BCUT2D eigenvalue weighted by atomic mass is 10.3. The fourth-order valence-corrected chi connectivity index (χ4v) is 2.70. The Labute approximate surface area is 87.1 Å². The zero-order valence-corrected chi connectivity index (χ0v) is 8.61. The number of thioether (sulfide) groups is 1. The molecule has 0 bridgehead atoms. The van der Waals surface area contributed by atoms with Gasteiger partial charge >= 0.3 is 0 Å². The van der Waals surface area contributed by atoms with Crippen molar-refractivity contribution in [2.24, 2.45) is 0 Å². The number of hydrogen-bond acceptors (Lipinski definition) is 3. The van der Waals surface area contributed by atoms with Crippen molar-refractivity contribution in [2.75, 3.05) is 18.8 Å². The monoisotopic (exact) mass is 212 g/mol. The predicted molar refractivity (Wildman–Crippen MR) is 57.9 cm³/mol. The van der Waals surface area contributed by atoms with Crippen molar-refractivity contribution in [3.8, 4) is 0 Å². The molecule has 76 valence electrons. The molecule has 0 aliphatic carbocycles. The number of nitrogens with two attached hydrogens (primary N) is 1. The van der Waals surface area contributed by atoms with E-state index in [-0.39, 0.29) is 5.82 Å². The molecular formula is C10H13FN2S. The van der Waals surface area contributed by atoms with Gasteiger partial charge in [-0.3, -0.25) is 0 Å². The van der Waals surface area contributed by atoms with Crippen LogP contribution in [-0.2, 0) is 0 Å². The largest absolute Gasteiger partial charge is 0.398 e. The lowest BCUT2D eigenvalue weighted by Crippen LogP contribution is -2.10. The number of benzene rings is 1. The summed E-state index contributed by atoms with van der Waals surface area (Å²) in [5.74, 6) is -0.215. The summed E-state index contributed by atoms with van der Waals surface area (Å²) in [6.07, 6.45) is 1.13. The van der Waals surface area contributed by atoms with Crippen LogP contribution in [0.15, 0.2) is 23.1 Å². The van der Waals surface area contributed by atoms with Crippen LogP contribution in [0, 0.1) is 5.82 Å². The van der Waals surface area contributed by atoms with E-state index < -0.39 is 0 Å². The molecule has 0 spiro atoms. The minimum absolute atomic E-state index is 0.215. The Kier molecular flexibility index (Phi) is 2.93. The summed E-state index contributed by atoms with van der Waals surface area (Å²) in [5.41, 5.74) is 6.43. The third-order valence-corrected chi connectivity index (χ3v) is 3.63. The Bertz CT molecular complexity index is 324. The molecule has 2 nitrogen and oxygen atoms in total. The van der Waals surface area contributed by atoms with E-state index in [1.165, 1.54) is 12.1 Å². The second kappa shape index (κ2) is 4.19. The molecule has 0 saturated carbocycles. The van der Waals surface area contributed by atoms with Crippen LogP contribution in [0.25, 0.3) is 0 Å². The Balaban J connectivity index is 2.10. The van der Waals surface area contributed by atoms with E-state index in [1.807, 2.05) is 0 Å². The highest BCUT2D eigenvalue weighted by molar-refractivity contribution is 8.00. The molecule has 1 atom stereocenters. The van der Waals surface area contributed by atoms with Crippen molar-refractivity contribution < 1.29 is 4.39 Å². The molecule has 0 aromatic heterocycles. The average molecular weight is 212 g/mol. The number of nitrogen functional groups attached to an aromatic ring is 1. The van der Waals surface area contributed by atoms with E-state index in [1.54, 1.807) is 17.8 Å². The summed E-state index contributed by atoms with van der Waals surface area (Å²) in [6.45, 7) is 2.04. The minimum atomic E-state index is -0.215. The number of hydrogen-bond donors (Lipinski definition) is 2. The number of halogens is 1. The number of nitrogens with one attached hydrogen (secondary N) is 1. The maximum absolute atomic E-state index is 12.9. The first-order chi connectivity index (χ1) is 6.75. The van der Waals surface area contributed by atoms with E-state index in [4.69, 9.17) is 5.73 Å². The third kappa shape index (κ3) is 2.19. The topological polar surface area (TPSA) is 38.0 Å². The van der Waals surface area contributed by atoms with E-state index in [0.29, 0.717) is 10.9 Å². The molecule has 0 amide bonds. The van der Waals surface area contributed by atoms with Crippen molar-refractivity contribution in [1.29, 1.82) is 0 Å². The highest BCUT2D eigenvalue weighted by atomic mass is 32.2. The zero-order chi connectivity index (χ0) is 9.97. The zero-order valence-electron chi connectivity index (χ0n) is 7.79. The fourth-order valence-electron chi connectivity index (χ4n) is 1.52. The maximum Gasteiger partial charge on any atom is 0.124 e. The Morgan fingerprint density at radius 1 is 1.50 bits per heavy atom. The van der Waals surface area contributed by atoms with Crippen LogP contribution >= 0.6 is 11.8 Å². The predicted octanol–water partition coefficient (Wildman–Crippen LogP) is 1.86. The van der Waals surface area contributed by atoms with Gasteiger partial charge in [0.1, 0.15) is 5.82 Å². The van der Waals surface area contributed by atoms with Gasteiger partial charge in [0.25, 0.3) is 0 Å². The standard InChI is InChI=1S/C10H13FN2S/c11-7-1-2-9(12)10(5-7)14-8-3-4-13-6-8/h1-2,5,8,13H,3-4,6,12H2. The van der Waals surface area contributed by atoms with Gasteiger partial charge in [0.2, 0.25) is 0 Å². The summed E-state index contributed by atoms with van der Waals surface area (Å²) in [4.78, 5) is 0.860. The maximum atomic E-state index is 12.9. The Morgan fingerprint density at radius 2 is 2.36 bits per heavy atom. The van der Waals surface area contributed by atoms with Crippen LogP contribution in [0.1, 0.15) is 6.42 Å². The Hall–Kier alpha value is -0.740. The first-order valence-corrected chi connectivity index (χ1v) is 5.56. The van der Waals surface area contributed by atoms with E-state index in [9.17, 15) is 4.39 Å². The van der Waals surface area contributed by atoms with E-state index in [0.717, 1.165) is 24.4 Å². The molecule has 14 heavy (non-hydrogen) atoms. The first kappa shape index (κ1) is 9.80. The van der Waals surface area contributed by atoms with E-state index >= 15 is 0 Å².